The van der Waals surface area contributed by atoms with E-state index in [2.05, 4.69) is 15.6 Å². The summed E-state index contributed by atoms with van der Waals surface area (Å²) in [5, 5.41) is 0. The van der Waals surface area contributed by atoms with Crippen molar-refractivity contribution in [1.82, 2.24) is 20.2 Å². The van der Waals surface area contributed by atoms with Crippen LogP contribution in [0.5, 0.6) is 0 Å². The standard InChI is InChI=1S/C9H8N4O3.CH4N2O/c10-12-9(15)16-8(14)6-1-3-13-4-2-11-7(13)5-6;2-3-1-4/h1-5H,10H2,(H,12,15);1H,2H2,(H,3,4). The highest BCUT2D eigenvalue weighted by atomic mass is 16.6. The number of ether oxygens (including phenoxy) is 1. The summed E-state index contributed by atoms with van der Waals surface area (Å²) >= 11 is 0. The van der Waals surface area contributed by atoms with E-state index in [-0.39, 0.29) is 5.56 Å². The van der Waals surface area contributed by atoms with Gasteiger partial charge in [0.2, 0.25) is 6.41 Å². The SMILES string of the molecule is NNC(=O)OC(=O)c1ccn2ccnc2c1.NNC=O. The number of amides is 2. The van der Waals surface area contributed by atoms with Gasteiger partial charge in [-0.2, -0.15) is 0 Å². The lowest BCUT2D eigenvalue weighted by molar-refractivity contribution is -0.109. The number of rotatable bonds is 2. The number of imidazole rings is 1. The number of nitrogens with two attached hydrogens (primary N) is 2. The summed E-state index contributed by atoms with van der Waals surface area (Å²) in [5.74, 6) is 8.41. The zero-order valence-corrected chi connectivity index (χ0v) is 10.1. The first-order chi connectivity index (χ1) is 9.62. The average Bonchev–Trinajstić information content (AvgIpc) is 2.94. The van der Waals surface area contributed by atoms with Crippen molar-refractivity contribution in [1.29, 1.82) is 0 Å². The van der Waals surface area contributed by atoms with Gasteiger partial charge in [0.05, 0.1) is 5.56 Å². The maximum atomic E-state index is 11.4. The Balaban J connectivity index is 0.000000444. The summed E-state index contributed by atoms with van der Waals surface area (Å²) < 4.78 is 6.08. The molecule has 0 atom stereocenters. The predicted molar refractivity (Wildman–Crippen MR) is 66.7 cm³/mol. The molecule has 0 aliphatic rings. The molecule has 106 valence electrons. The molecule has 0 aliphatic carbocycles. The first-order valence-electron chi connectivity index (χ1n) is 5.17. The highest BCUT2D eigenvalue weighted by Gasteiger charge is 2.12. The first-order valence-corrected chi connectivity index (χ1v) is 5.17. The molecule has 0 unspecified atom stereocenters. The number of esters is 1. The summed E-state index contributed by atoms with van der Waals surface area (Å²) in [5.41, 5.74) is 4.26. The number of aromatic nitrogens is 2. The summed E-state index contributed by atoms with van der Waals surface area (Å²) in [6.45, 7) is 0. The molecule has 0 aliphatic heterocycles. The lowest BCUT2D eigenvalue weighted by atomic mass is 10.3. The molecular weight excluding hydrogens is 268 g/mol. The maximum absolute atomic E-state index is 11.4. The minimum absolute atomic E-state index is 0.224. The molecule has 20 heavy (non-hydrogen) atoms. The Morgan fingerprint density at radius 1 is 1.35 bits per heavy atom. The fourth-order valence-corrected chi connectivity index (χ4v) is 1.21. The molecule has 2 amide bonds. The summed E-state index contributed by atoms with van der Waals surface area (Å²) in [6.07, 6.45) is 4.36. The topological polar surface area (TPSA) is 154 Å². The number of fused-ring (bicyclic) bond motifs is 1. The van der Waals surface area contributed by atoms with Gasteiger partial charge in [-0.05, 0) is 12.1 Å². The zero-order chi connectivity index (χ0) is 15.0. The largest absolute Gasteiger partial charge is 0.429 e. The van der Waals surface area contributed by atoms with Gasteiger partial charge < -0.3 is 9.14 Å². The van der Waals surface area contributed by atoms with Crippen LogP contribution in [0.25, 0.3) is 5.65 Å². The summed E-state index contributed by atoms with van der Waals surface area (Å²) in [7, 11) is 0. The van der Waals surface area contributed by atoms with Crippen LogP contribution in [0.15, 0.2) is 30.7 Å². The normalized spacial score (nSPS) is 9.10. The first kappa shape index (κ1) is 15.1. The molecule has 2 heterocycles. The van der Waals surface area contributed by atoms with Crippen LogP contribution in [-0.2, 0) is 9.53 Å². The van der Waals surface area contributed by atoms with Crippen molar-refractivity contribution in [3.8, 4) is 0 Å². The fraction of sp³-hybridized carbons (Fsp3) is 0. The highest BCUT2D eigenvalue weighted by Crippen LogP contribution is 2.06. The van der Waals surface area contributed by atoms with Gasteiger partial charge in [-0.3, -0.25) is 15.6 Å². The van der Waals surface area contributed by atoms with E-state index in [4.69, 9.17) is 10.6 Å². The zero-order valence-electron chi connectivity index (χ0n) is 10.1. The third-order valence-corrected chi connectivity index (χ3v) is 2.00. The highest BCUT2D eigenvalue weighted by molar-refractivity contribution is 5.96. The van der Waals surface area contributed by atoms with Gasteiger partial charge in [-0.1, -0.05) is 0 Å². The number of pyridine rings is 1. The quantitative estimate of drug-likeness (QED) is 0.133. The minimum Gasteiger partial charge on any atom is -0.372 e. The molecule has 2 rings (SSSR count). The molecule has 6 N–H and O–H groups in total. The molecule has 0 aromatic carbocycles. The number of hydrogen-bond donors (Lipinski definition) is 4. The number of hydrazine groups is 2. The Kier molecular flexibility index (Phi) is 5.62. The van der Waals surface area contributed by atoms with Crippen molar-refractivity contribution in [2.45, 2.75) is 0 Å². The number of carbonyl (C=O) groups is 3. The molecule has 2 aromatic rings. The Labute approximate surface area is 112 Å². The Bertz CT molecular complexity index is 611. The van der Waals surface area contributed by atoms with Crippen LogP contribution in [0.3, 0.4) is 0 Å². The lowest BCUT2D eigenvalue weighted by Gasteiger charge is -2.02. The maximum Gasteiger partial charge on any atom is 0.429 e. The smallest absolute Gasteiger partial charge is 0.372 e. The Hall–Kier alpha value is -2.98. The van der Waals surface area contributed by atoms with E-state index in [0.717, 1.165) is 0 Å². The van der Waals surface area contributed by atoms with E-state index in [1.165, 1.54) is 12.1 Å². The number of nitrogens with zero attached hydrogens (tertiary/aromatic N) is 2. The van der Waals surface area contributed by atoms with Gasteiger partial charge in [0, 0.05) is 18.6 Å². The Morgan fingerprint density at radius 2 is 2.05 bits per heavy atom. The van der Waals surface area contributed by atoms with Crippen molar-refractivity contribution in [2.75, 3.05) is 0 Å². The van der Waals surface area contributed by atoms with E-state index < -0.39 is 12.1 Å². The molecule has 0 spiro atoms. The van der Waals surface area contributed by atoms with Crippen LogP contribution in [0.1, 0.15) is 10.4 Å². The molecule has 2 aromatic heterocycles. The van der Waals surface area contributed by atoms with E-state index in [9.17, 15) is 9.59 Å². The molecule has 0 fully saturated rings. The van der Waals surface area contributed by atoms with Gasteiger partial charge in [-0.15, -0.1) is 0 Å². The van der Waals surface area contributed by atoms with Crippen molar-refractivity contribution in [3.05, 3.63) is 36.3 Å². The third-order valence-electron chi connectivity index (χ3n) is 2.00. The van der Waals surface area contributed by atoms with Crippen LogP contribution in [0, 0.1) is 0 Å². The van der Waals surface area contributed by atoms with Gasteiger partial charge in [0.15, 0.2) is 0 Å². The van der Waals surface area contributed by atoms with Crippen LogP contribution < -0.4 is 22.5 Å². The van der Waals surface area contributed by atoms with Gasteiger partial charge >= 0.3 is 12.1 Å². The minimum atomic E-state index is -1.01. The van der Waals surface area contributed by atoms with Crippen LogP contribution >= 0.6 is 0 Å². The van der Waals surface area contributed by atoms with Gasteiger partial charge in [0.1, 0.15) is 5.65 Å². The number of nitrogens with one attached hydrogen (secondary N) is 2. The summed E-state index contributed by atoms with van der Waals surface area (Å²) in [6, 6.07) is 3.02. The van der Waals surface area contributed by atoms with Crippen LogP contribution in [0.4, 0.5) is 4.79 Å². The number of carbonyl (C=O) groups excluding carboxylic acids is 3. The second-order valence-corrected chi connectivity index (χ2v) is 3.21. The third kappa shape index (κ3) is 4.04. The molecule has 0 bridgehead atoms. The van der Waals surface area contributed by atoms with Gasteiger partial charge in [0.25, 0.3) is 0 Å². The van der Waals surface area contributed by atoms with Crippen molar-refractivity contribution < 1.29 is 19.1 Å². The van der Waals surface area contributed by atoms with E-state index in [1.807, 2.05) is 0 Å². The van der Waals surface area contributed by atoms with E-state index in [1.54, 1.807) is 33.8 Å². The fourth-order valence-electron chi connectivity index (χ4n) is 1.21. The summed E-state index contributed by atoms with van der Waals surface area (Å²) in [4.78, 5) is 35.0. The molecular formula is C10H12N6O4. The molecule has 10 nitrogen and oxygen atoms in total. The second-order valence-electron chi connectivity index (χ2n) is 3.21. The number of hydrogen-bond acceptors (Lipinski definition) is 7. The van der Waals surface area contributed by atoms with Crippen LogP contribution in [-0.4, -0.2) is 27.9 Å². The molecule has 0 saturated heterocycles. The average molecular weight is 280 g/mol. The van der Waals surface area contributed by atoms with Crippen LogP contribution in [0.2, 0.25) is 0 Å². The van der Waals surface area contributed by atoms with Crippen molar-refractivity contribution in [3.63, 3.8) is 0 Å². The van der Waals surface area contributed by atoms with E-state index in [0.29, 0.717) is 12.1 Å². The Morgan fingerprint density at radius 3 is 2.65 bits per heavy atom. The molecule has 0 saturated carbocycles. The second kappa shape index (κ2) is 7.45. The van der Waals surface area contributed by atoms with E-state index >= 15 is 0 Å². The van der Waals surface area contributed by atoms with Crippen molar-refractivity contribution in [2.24, 2.45) is 11.7 Å². The lowest BCUT2D eigenvalue weighted by Crippen LogP contribution is -2.32. The predicted octanol–water partition coefficient (Wildman–Crippen LogP) is -1.32. The molecule has 10 heteroatoms. The monoisotopic (exact) mass is 280 g/mol. The molecule has 0 radical (unpaired) electrons. The van der Waals surface area contributed by atoms with Crippen molar-refractivity contribution >= 4 is 24.1 Å². The van der Waals surface area contributed by atoms with Gasteiger partial charge in [-0.25, -0.2) is 26.3 Å².